The van der Waals surface area contributed by atoms with Gasteiger partial charge >= 0.3 is 0 Å². The average molecular weight is 482 g/mol. The standard InChI is InChI=1S/C24H32ClNO5S/c25-13-6-14-32(29,30)26-18-8-5-7-17(15-18)21(16-11-12-16)22-23(27)19-9-3-1-2-4-10-20(19)31-24(22)28/h5,7-8,15-16,21,24,26-28H,1-4,6,9-14H2. The van der Waals surface area contributed by atoms with Gasteiger partial charge in [0, 0.05) is 35.1 Å². The van der Waals surface area contributed by atoms with Gasteiger partial charge in [-0.1, -0.05) is 25.0 Å². The number of nitrogens with one attached hydrogen (secondary N) is 1. The molecule has 1 heterocycles. The van der Waals surface area contributed by atoms with Crippen molar-refractivity contribution >= 4 is 27.3 Å². The van der Waals surface area contributed by atoms with Crippen LogP contribution in [-0.4, -0.2) is 36.6 Å². The molecule has 4 rings (SSSR count). The number of hydrogen-bond donors (Lipinski definition) is 3. The van der Waals surface area contributed by atoms with Gasteiger partial charge in [0.05, 0.1) is 5.75 Å². The lowest BCUT2D eigenvalue weighted by Crippen LogP contribution is -2.28. The van der Waals surface area contributed by atoms with E-state index in [1.807, 2.05) is 6.07 Å². The summed E-state index contributed by atoms with van der Waals surface area (Å²) in [5, 5.41) is 22.2. The van der Waals surface area contributed by atoms with E-state index in [1.165, 1.54) is 0 Å². The molecule has 1 fully saturated rings. The molecule has 176 valence electrons. The molecule has 2 aliphatic carbocycles. The summed E-state index contributed by atoms with van der Waals surface area (Å²) in [5.41, 5.74) is 2.67. The molecule has 3 aliphatic rings. The van der Waals surface area contributed by atoms with E-state index in [0.29, 0.717) is 23.4 Å². The van der Waals surface area contributed by atoms with Crippen molar-refractivity contribution < 1.29 is 23.4 Å². The molecular weight excluding hydrogens is 450 g/mol. The minimum Gasteiger partial charge on any atom is -0.507 e. The van der Waals surface area contributed by atoms with Crippen molar-refractivity contribution in [3.63, 3.8) is 0 Å². The largest absolute Gasteiger partial charge is 0.507 e. The zero-order valence-corrected chi connectivity index (χ0v) is 19.8. The second-order valence-electron chi connectivity index (χ2n) is 8.99. The van der Waals surface area contributed by atoms with E-state index in [4.69, 9.17) is 16.3 Å². The first kappa shape index (κ1) is 23.5. The normalized spacial score (nSPS) is 23.1. The van der Waals surface area contributed by atoms with E-state index in [9.17, 15) is 18.6 Å². The second kappa shape index (κ2) is 10.1. The average Bonchev–Trinajstić information content (AvgIpc) is 3.56. The molecule has 1 aromatic rings. The molecule has 2 atom stereocenters. The summed E-state index contributed by atoms with van der Waals surface area (Å²) < 4.78 is 33.2. The van der Waals surface area contributed by atoms with E-state index < -0.39 is 16.3 Å². The minimum absolute atomic E-state index is 0.0395. The fourth-order valence-electron chi connectivity index (χ4n) is 4.81. The lowest BCUT2D eigenvalue weighted by atomic mass is 9.82. The maximum atomic E-state index is 12.3. The molecule has 0 spiro atoms. The number of aliphatic hydroxyl groups excluding tert-OH is 2. The molecular formula is C24H32ClNO5S. The van der Waals surface area contributed by atoms with Crippen LogP contribution in [-0.2, 0) is 14.8 Å². The molecule has 0 bridgehead atoms. The zero-order chi connectivity index (χ0) is 22.7. The molecule has 1 aromatic carbocycles. The topological polar surface area (TPSA) is 95.9 Å². The molecule has 1 saturated carbocycles. The first-order valence-electron chi connectivity index (χ1n) is 11.6. The van der Waals surface area contributed by atoms with Crippen LogP contribution in [0.25, 0.3) is 0 Å². The predicted molar refractivity (Wildman–Crippen MR) is 126 cm³/mol. The number of alkyl halides is 1. The Bertz CT molecular complexity index is 999. The smallest absolute Gasteiger partial charge is 0.232 e. The number of anilines is 1. The van der Waals surface area contributed by atoms with E-state index >= 15 is 0 Å². The van der Waals surface area contributed by atoms with Gasteiger partial charge in [-0.15, -0.1) is 11.6 Å². The molecule has 0 amide bonds. The first-order chi connectivity index (χ1) is 15.4. The van der Waals surface area contributed by atoms with Gasteiger partial charge in [0.2, 0.25) is 16.3 Å². The highest BCUT2D eigenvalue weighted by Gasteiger charge is 2.42. The molecule has 6 nitrogen and oxygen atoms in total. The van der Waals surface area contributed by atoms with E-state index in [1.54, 1.807) is 18.2 Å². The van der Waals surface area contributed by atoms with Crippen molar-refractivity contribution in [2.45, 2.75) is 70.0 Å². The summed E-state index contributed by atoms with van der Waals surface area (Å²) in [5.74, 6) is 1.19. The molecule has 0 aromatic heterocycles. The summed E-state index contributed by atoms with van der Waals surface area (Å²) in [7, 11) is -3.49. The highest BCUT2D eigenvalue weighted by molar-refractivity contribution is 7.92. The lowest BCUT2D eigenvalue weighted by molar-refractivity contribution is -0.0530. The number of halogens is 1. The van der Waals surface area contributed by atoms with Gasteiger partial charge in [-0.05, 0) is 62.1 Å². The zero-order valence-electron chi connectivity index (χ0n) is 18.2. The maximum absolute atomic E-state index is 12.3. The Labute approximate surface area is 195 Å². The highest BCUT2D eigenvalue weighted by Crippen LogP contribution is 2.51. The molecule has 0 saturated heterocycles. The molecule has 8 heteroatoms. The van der Waals surface area contributed by atoms with Gasteiger partial charge in [0.1, 0.15) is 11.5 Å². The Morgan fingerprint density at radius 2 is 1.91 bits per heavy atom. The van der Waals surface area contributed by atoms with Crippen LogP contribution in [0.15, 0.2) is 46.9 Å². The first-order valence-corrected chi connectivity index (χ1v) is 13.7. The van der Waals surface area contributed by atoms with Crippen LogP contribution >= 0.6 is 11.6 Å². The van der Waals surface area contributed by atoms with Crippen LogP contribution in [0.4, 0.5) is 5.69 Å². The third-order valence-corrected chi connectivity index (χ3v) is 8.13. The third-order valence-electron chi connectivity index (χ3n) is 6.49. The van der Waals surface area contributed by atoms with Crippen molar-refractivity contribution in [1.82, 2.24) is 0 Å². The van der Waals surface area contributed by atoms with Crippen molar-refractivity contribution in [1.29, 1.82) is 0 Å². The number of aliphatic hydroxyl groups is 2. The Kier molecular flexibility index (Phi) is 7.37. The lowest BCUT2D eigenvalue weighted by Gasteiger charge is -2.33. The number of sulfonamides is 1. The fourth-order valence-corrected chi connectivity index (χ4v) is 6.21. The number of rotatable bonds is 8. The Morgan fingerprint density at radius 1 is 1.16 bits per heavy atom. The van der Waals surface area contributed by atoms with Crippen molar-refractivity contribution in [2.24, 2.45) is 5.92 Å². The van der Waals surface area contributed by atoms with Gasteiger partial charge in [-0.3, -0.25) is 4.72 Å². The number of benzene rings is 1. The van der Waals surface area contributed by atoms with Crippen LogP contribution in [0.2, 0.25) is 0 Å². The monoisotopic (exact) mass is 481 g/mol. The van der Waals surface area contributed by atoms with Crippen molar-refractivity contribution in [3.8, 4) is 0 Å². The van der Waals surface area contributed by atoms with Crippen molar-refractivity contribution in [3.05, 3.63) is 52.5 Å². The number of allylic oxidation sites excluding steroid dienone is 2. The maximum Gasteiger partial charge on any atom is 0.232 e. The van der Waals surface area contributed by atoms with Crippen LogP contribution < -0.4 is 4.72 Å². The molecule has 1 aliphatic heterocycles. The number of ether oxygens (including phenoxy) is 1. The minimum atomic E-state index is -3.49. The van der Waals surface area contributed by atoms with Crippen LogP contribution in [0.3, 0.4) is 0 Å². The van der Waals surface area contributed by atoms with E-state index in [0.717, 1.165) is 62.5 Å². The SMILES string of the molecule is O=S(=O)(CCCCl)Nc1cccc(C(C2=C(O)C3=C(CCCCCC3)OC2O)C2CC2)c1. The van der Waals surface area contributed by atoms with Gasteiger partial charge in [-0.2, -0.15) is 0 Å². The predicted octanol–water partition coefficient (Wildman–Crippen LogP) is 5.32. The van der Waals surface area contributed by atoms with E-state index in [2.05, 4.69) is 4.72 Å². The summed E-state index contributed by atoms with van der Waals surface area (Å²) in [4.78, 5) is 0. The van der Waals surface area contributed by atoms with Gasteiger partial charge in [0.25, 0.3) is 0 Å². The fraction of sp³-hybridized carbons (Fsp3) is 0.583. The molecule has 2 unspecified atom stereocenters. The van der Waals surface area contributed by atoms with Crippen LogP contribution in [0.5, 0.6) is 0 Å². The Hall–Kier alpha value is -1.70. The second-order valence-corrected chi connectivity index (χ2v) is 11.2. The Balaban J connectivity index is 1.67. The van der Waals surface area contributed by atoms with Crippen LogP contribution in [0.1, 0.15) is 69.3 Å². The quantitative estimate of drug-likeness (QED) is 0.437. The number of hydrogen-bond acceptors (Lipinski definition) is 5. The Morgan fingerprint density at radius 3 is 2.62 bits per heavy atom. The summed E-state index contributed by atoms with van der Waals surface area (Å²) >= 11 is 5.64. The van der Waals surface area contributed by atoms with Gasteiger partial charge in [-0.25, -0.2) is 8.42 Å². The molecule has 0 radical (unpaired) electrons. The molecule has 3 N–H and O–H groups in total. The van der Waals surface area contributed by atoms with Crippen molar-refractivity contribution in [2.75, 3.05) is 16.4 Å². The summed E-state index contributed by atoms with van der Waals surface area (Å²) in [6, 6.07) is 7.24. The third kappa shape index (κ3) is 5.43. The molecule has 32 heavy (non-hydrogen) atoms. The van der Waals surface area contributed by atoms with Gasteiger partial charge in [0.15, 0.2) is 0 Å². The highest BCUT2D eigenvalue weighted by atomic mass is 35.5. The summed E-state index contributed by atoms with van der Waals surface area (Å²) in [6.45, 7) is 0. The van der Waals surface area contributed by atoms with E-state index in [-0.39, 0.29) is 29.2 Å². The summed E-state index contributed by atoms with van der Waals surface area (Å²) in [6.07, 6.45) is 6.89. The van der Waals surface area contributed by atoms with Gasteiger partial charge < -0.3 is 14.9 Å². The van der Waals surface area contributed by atoms with Crippen LogP contribution in [0, 0.1) is 5.92 Å².